The van der Waals surface area contributed by atoms with Crippen molar-refractivity contribution in [1.29, 1.82) is 0 Å². The van der Waals surface area contributed by atoms with Gasteiger partial charge in [-0.25, -0.2) is 0 Å². The second-order valence-electron chi connectivity index (χ2n) is 4.21. The number of halogens is 4. The van der Waals surface area contributed by atoms with Gasteiger partial charge in [0, 0.05) is 18.1 Å². The first-order valence-corrected chi connectivity index (χ1v) is 7.39. The first-order chi connectivity index (χ1) is 9.38. The molecule has 8 heteroatoms. The van der Waals surface area contributed by atoms with E-state index < -0.39 is 9.70 Å². The molecule has 0 radical (unpaired) electrons. The molecule has 1 saturated heterocycles. The number of carbonyl (C=O) groups is 1. The Bertz CT molecular complexity index is 499. The van der Waals surface area contributed by atoms with Crippen LogP contribution in [0.3, 0.4) is 0 Å². The minimum absolute atomic E-state index is 0.488. The van der Waals surface area contributed by atoms with E-state index in [1.54, 1.807) is 12.1 Å². The average Bonchev–Trinajstić information content (AvgIpc) is 2.39. The molecule has 1 aliphatic rings. The fourth-order valence-corrected chi connectivity index (χ4v) is 2.20. The Morgan fingerprint density at radius 3 is 2.50 bits per heavy atom. The number of anilines is 2. The minimum atomic E-state index is -2.02. The predicted octanol–water partition coefficient (Wildman–Crippen LogP) is 3.49. The van der Waals surface area contributed by atoms with Crippen molar-refractivity contribution in [3.8, 4) is 0 Å². The molecule has 0 unspecified atom stereocenters. The maximum Gasteiger partial charge on any atom is 0.276 e. The molecule has 0 aromatic heterocycles. The Balaban J connectivity index is 2.26. The first kappa shape index (κ1) is 16.0. The average molecular weight is 358 g/mol. The monoisotopic (exact) mass is 356 g/mol. The highest BCUT2D eigenvalue weighted by molar-refractivity contribution is 6.76. The fourth-order valence-electron chi connectivity index (χ4n) is 1.88. The highest BCUT2D eigenvalue weighted by Crippen LogP contribution is 2.33. The van der Waals surface area contributed by atoms with Crippen LogP contribution in [0.15, 0.2) is 18.2 Å². The SMILES string of the molecule is O=C(Nc1cc(Cl)ccc1N1CCOCC1)C(Cl)(Cl)Cl. The van der Waals surface area contributed by atoms with Gasteiger partial charge in [-0.05, 0) is 18.2 Å². The van der Waals surface area contributed by atoms with Crippen LogP contribution in [-0.2, 0) is 9.53 Å². The lowest BCUT2D eigenvalue weighted by molar-refractivity contribution is -0.115. The van der Waals surface area contributed by atoms with Crippen molar-refractivity contribution in [3.05, 3.63) is 23.2 Å². The summed E-state index contributed by atoms with van der Waals surface area (Å²) in [4.78, 5) is 13.9. The summed E-state index contributed by atoms with van der Waals surface area (Å²) in [6.07, 6.45) is 0. The van der Waals surface area contributed by atoms with Crippen LogP contribution in [0, 0.1) is 0 Å². The summed E-state index contributed by atoms with van der Waals surface area (Å²) in [6.45, 7) is 2.69. The summed E-state index contributed by atoms with van der Waals surface area (Å²) in [6, 6.07) is 5.19. The van der Waals surface area contributed by atoms with Gasteiger partial charge in [-0.3, -0.25) is 4.79 Å². The molecule has 1 aromatic rings. The highest BCUT2D eigenvalue weighted by atomic mass is 35.6. The third-order valence-corrected chi connectivity index (χ3v) is 3.57. The number of alkyl halides is 3. The molecule has 1 fully saturated rings. The van der Waals surface area contributed by atoms with Gasteiger partial charge < -0.3 is 15.0 Å². The number of nitrogens with one attached hydrogen (secondary N) is 1. The van der Waals surface area contributed by atoms with Crippen molar-refractivity contribution < 1.29 is 9.53 Å². The molecule has 110 valence electrons. The second kappa shape index (κ2) is 6.58. The van der Waals surface area contributed by atoms with Crippen molar-refractivity contribution in [2.24, 2.45) is 0 Å². The minimum Gasteiger partial charge on any atom is -0.378 e. The van der Waals surface area contributed by atoms with E-state index in [2.05, 4.69) is 10.2 Å². The zero-order valence-corrected chi connectivity index (χ0v) is 13.4. The number of hydrogen-bond donors (Lipinski definition) is 1. The Morgan fingerprint density at radius 1 is 1.25 bits per heavy atom. The molecule has 0 bridgehead atoms. The van der Waals surface area contributed by atoms with Gasteiger partial charge in [0.25, 0.3) is 9.70 Å². The molecule has 1 N–H and O–H groups in total. The maximum atomic E-state index is 11.8. The summed E-state index contributed by atoms with van der Waals surface area (Å²) in [5.41, 5.74) is 1.33. The van der Waals surface area contributed by atoms with Crippen LogP contribution in [0.2, 0.25) is 5.02 Å². The van der Waals surface area contributed by atoms with Gasteiger partial charge in [-0.2, -0.15) is 0 Å². The second-order valence-corrected chi connectivity index (χ2v) is 6.93. The van der Waals surface area contributed by atoms with E-state index in [-0.39, 0.29) is 0 Å². The first-order valence-electron chi connectivity index (χ1n) is 5.88. The molecule has 0 spiro atoms. The summed E-state index contributed by atoms with van der Waals surface area (Å²) >= 11 is 22.7. The molecule has 4 nitrogen and oxygen atoms in total. The lowest BCUT2D eigenvalue weighted by Gasteiger charge is -2.30. The molecule has 1 heterocycles. The lowest BCUT2D eigenvalue weighted by Crippen LogP contribution is -2.37. The topological polar surface area (TPSA) is 41.6 Å². The summed E-state index contributed by atoms with van der Waals surface area (Å²) < 4.78 is 3.28. The molecule has 0 aliphatic carbocycles. The van der Waals surface area contributed by atoms with Gasteiger partial charge in [0.1, 0.15) is 0 Å². The third-order valence-electron chi connectivity index (χ3n) is 2.82. The van der Waals surface area contributed by atoms with E-state index in [4.69, 9.17) is 51.1 Å². The van der Waals surface area contributed by atoms with Crippen molar-refractivity contribution in [1.82, 2.24) is 0 Å². The Hall–Kier alpha value is -0.390. The molecule has 1 aliphatic heterocycles. The Morgan fingerprint density at radius 2 is 1.90 bits per heavy atom. The van der Waals surface area contributed by atoms with E-state index in [1.807, 2.05) is 6.07 Å². The lowest BCUT2D eigenvalue weighted by atomic mass is 10.2. The van der Waals surface area contributed by atoms with Gasteiger partial charge in [-0.15, -0.1) is 0 Å². The molecule has 0 saturated carbocycles. The molecule has 20 heavy (non-hydrogen) atoms. The van der Waals surface area contributed by atoms with E-state index >= 15 is 0 Å². The standard InChI is InChI=1S/C12H12Cl4N2O2/c13-8-1-2-10(18-3-5-20-6-4-18)9(7-8)17-11(19)12(14,15)16/h1-2,7H,3-6H2,(H,17,19). The maximum absolute atomic E-state index is 11.8. The fraction of sp³-hybridized carbons (Fsp3) is 0.417. The van der Waals surface area contributed by atoms with Crippen LogP contribution in [-0.4, -0.2) is 36.0 Å². The number of ether oxygens (including phenoxy) is 1. The van der Waals surface area contributed by atoms with Gasteiger partial charge in [0.15, 0.2) is 0 Å². The number of carbonyl (C=O) groups excluding carboxylic acids is 1. The zero-order chi connectivity index (χ0) is 14.8. The van der Waals surface area contributed by atoms with Gasteiger partial charge in [-0.1, -0.05) is 46.4 Å². The largest absolute Gasteiger partial charge is 0.378 e. The van der Waals surface area contributed by atoms with E-state index in [0.717, 1.165) is 18.8 Å². The van der Waals surface area contributed by atoms with Crippen LogP contribution in [0.5, 0.6) is 0 Å². The van der Waals surface area contributed by atoms with Crippen molar-refractivity contribution in [3.63, 3.8) is 0 Å². The normalized spacial score (nSPS) is 16.1. The summed E-state index contributed by atoms with van der Waals surface area (Å²) in [5.74, 6) is -0.723. The van der Waals surface area contributed by atoms with Crippen LogP contribution in [0.25, 0.3) is 0 Å². The van der Waals surface area contributed by atoms with Crippen LogP contribution in [0.4, 0.5) is 11.4 Å². The molecule has 2 rings (SSSR count). The van der Waals surface area contributed by atoms with Crippen molar-refractivity contribution >= 4 is 63.7 Å². The molecule has 0 atom stereocenters. The van der Waals surface area contributed by atoms with Crippen molar-refractivity contribution in [2.45, 2.75) is 3.79 Å². The smallest absolute Gasteiger partial charge is 0.276 e. The van der Waals surface area contributed by atoms with E-state index in [9.17, 15) is 4.79 Å². The zero-order valence-electron chi connectivity index (χ0n) is 10.3. The number of rotatable bonds is 2. The molecule has 1 aromatic carbocycles. The predicted molar refractivity (Wildman–Crippen MR) is 83.4 cm³/mol. The quantitative estimate of drug-likeness (QED) is 0.824. The Kier molecular flexibility index (Phi) is 5.26. The van der Waals surface area contributed by atoms with Crippen molar-refractivity contribution in [2.75, 3.05) is 36.5 Å². The van der Waals surface area contributed by atoms with Gasteiger partial charge in [0.2, 0.25) is 0 Å². The van der Waals surface area contributed by atoms with Crippen LogP contribution in [0.1, 0.15) is 0 Å². The van der Waals surface area contributed by atoms with Gasteiger partial charge >= 0.3 is 0 Å². The van der Waals surface area contributed by atoms with Crippen LogP contribution >= 0.6 is 46.4 Å². The number of benzene rings is 1. The van der Waals surface area contributed by atoms with Gasteiger partial charge in [0.05, 0.1) is 24.6 Å². The van der Waals surface area contributed by atoms with E-state index in [1.165, 1.54) is 0 Å². The van der Waals surface area contributed by atoms with Crippen LogP contribution < -0.4 is 10.2 Å². The molecular weight excluding hydrogens is 346 g/mol. The molecule has 1 amide bonds. The number of amides is 1. The Labute approximate surface area is 136 Å². The number of nitrogens with zero attached hydrogens (tertiary/aromatic N) is 1. The summed E-state index contributed by atoms with van der Waals surface area (Å²) in [7, 11) is 0. The molecular formula is C12H12Cl4N2O2. The highest BCUT2D eigenvalue weighted by Gasteiger charge is 2.31. The van der Waals surface area contributed by atoms with E-state index in [0.29, 0.717) is 23.9 Å². The summed E-state index contributed by atoms with van der Waals surface area (Å²) in [5, 5.41) is 3.07. The third kappa shape index (κ3) is 4.06. The number of hydrogen-bond acceptors (Lipinski definition) is 3. The number of morpholine rings is 1.